The number of nitrogens with zero attached hydrogens (tertiary/aromatic N) is 3. The van der Waals surface area contributed by atoms with Crippen LogP contribution in [0, 0.1) is 0 Å². The third-order valence-corrected chi connectivity index (χ3v) is 8.00. The molecule has 0 amide bonds. The highest BCUT2D eigenvalue weighted by Gasteiger charge is 2.27. The number of rotatable bonds is 8. The minimum absolute atomic E-state index is 0.0379. The third-order valence-electron chi connectivity index (χ3n) is 6.39. The summed E-state index contributed by atoms with van der Waals surface area (Å²) >= 11 is 1.81. The summed E-state index contributed by atoms with van der Waals surface area (Å²) in [6, 6.07) is 23.2. The van der Waals surface area contributed by atoms with Gasteiger partial charge in [-0.1, -0.05) is 63.2 Å². The van der Waals surface area contributed by atoms with Crippen molar-refractivity contribution in [2.24, 2.45) is 0 Å². The molecular formula is C31H33N5S. The zero-order chi connectivity index (χ0) is 25.8. The fraction of sp³-hybridized carbons (Fsp3) is 0.258. The highest BCUT2D eigenvalue weighted by atomic mass is 32.1. The van der Waals surface area contributed by atoms with Gasteiger partial charge in [-0.15, -0.1) is 11.3 Å². The van der Waals surface area contributed by atoms with Crippen molar-refractivity contribution in [1.82, 2.24) is 15.0 Å². The van der Waals surface area contributed by atoms with Crippen LogP contribution in [-0.4, -0.2) is 28.5 Å². The number of thiophene rings is 1. The second kappa shape index (κ2) is 10.7. The fourth-order valence-electron chi connectivity index (χ4n) is 4.47. The molecule has 0 spiro atoms. The number of benzene rings is 2. The summed E-state index contributed by atoms with van der Waals surface area (Å²) in [5, 5.41) is 6.89. The van der Waals surface area contributed by atoms with Gasteiger partial charge in [-0.3, -0.25) is 4.98 Å². The van der Waals surface area contributed by atoms with E-state index in [2.05, 4.69) is 91.0 Å². The maximum absolute atomic E-state index is 5.15. The molecule has 5 aromatic rings. The minimum Gasteiger partial charge on any atom is -0.388 e. The summed E-state index contributed by atoms with van der Waals surface area (Å²) in [5.74, 6) is 1.62. The van der Waals surface area contributed by atoms with E-state index in [1.165, 1.54) is 21.6 Å². The molecule has 2 aromatic carbocycles. The van der Waals surface area contributed by atoms with Gasteiger partial charge in [0, 0.05) is 47.7 Å². The largest absolute Gasteiger partial charge is 0.388 e. The number of nitrogens with one attached hydrogen (secondary N) is 2. The van der Waals surface area contributed by atoms with Crippen LogP contribution in [0.5, 0.6) is 0 Å². The Morgan fingerprint density at radius 1 is 0.838 bits per heavy atom. The maximum atomic E-state index is 5.15. The Kier molecular flexibility index (Phi) is 7.19. The molecule has 0 atom stereocenters. The first-order valence-corrected chi connectivity index (χ1v) is 13.6. The zero-order valence-electron chi connectivity index (χ0n) is 21.9. The Hall–Kier alpha value is -3.77. The molecule has 6 heteroatoms. The van der Waals surface area contributed by atoms with Gasteiger partial charge in [-0.2, -0.15) is 0 Å². The second-order valence-corrected chi connectivity index (χ2v) is 11.2. The Balaban J connectivity index is 1.60. The summed E-state index contributed by atoms with van der Waals surface area (Å²) in [6.45, 7) is 7.65. The lowest BCUT2D eigenvalue weighted by atomic mass is 9.89. The van der Waals surface area contributed by atoms with E-state index < -0.39 is 0 Å². The number of hydrogen-bond acceptors (Lipinski definition) is 6. The van der Waals surface area contributed by atoms with Crippen molar-refractivity contribution in [1.29, 1.82) is 0 Å². The van der Waals surface area contributed by atoms with Gasteiger partial charge in [0.1, 0.15) is 5.82 Å². The molecule has 0 bridgehead atoms. The first kappa shape index (κ1) is 24.9. The predicted molar refractivity (Wildman–Crippen MR) is 158 cm³/mol. The quantitative estimate of drug-likeness (QED) is 0.210. The van der Waals surface area contributed by atoms with Gasteiger partial charge in [0.15, 0.2) is 5.82 Å². The summed E-state index contributed by atoms with van der Waals surface area (Å²) in [7, 11) is 1.94. The summed E-state index contributed by atoms with van der Waals surface area (Å²) in [6.07, 6.45) is 5.64. The van der Waals surface area contributed by atoms with Crippen molar-refractivity contribution in [3.63, 3.8) is 0 Å². The smallest absolute Gasteiger partial charge is 0.162 e. The van der Waals surface area contributed by atoms with E-state index in [4.69, 9.17) is 9.97 Å². The molecule has 3 heterocycles. The molecule has 5 nitrogen and oxygen atoms in total. The highest BCUT2D eigenvalue weighted by molar-refractivity contribution is 7.20. The van der Waals surface area contributed by atoms with Crippen LogP contribution in [0.25, 0.3) is 32.7 Å². The average Bonchev–Trinajstić information content (AvgIpc) is 3.33. The number of hydrogen-bond donors (Lipinski definition) is 2. The third kappa shape index (κ3) is 5.49. The summed E-state index contributed by atoms with van der Waals surface area (Å²) in [5.41, 5.74) is 6.74. The standard InChI is InChI=1S/C31H33N5S/c1-31(2,3)28-25(22-12-14-24(32-4)15-13-22)26-27(37-28)30(34-18-8-11-21-9-6-5-7-10-21)36-29(35-26)23-16-19-33-20-17-23/h5-7,9-10,12-17,19-20,32H,8,11,18H2,1-4H3,(H,34,35,36). The van der Waals surface area contributed by atoms with Crippen LogP contribution < -0.4 is 10.6 Å². The summed E-state index contributed by atoms with van der Waals surface area (Å²) in [4.78, 5) is 15.7. The Labute approximate surface area is 223 Å². The molecule has 188 valence electrons. The van der Waals surface area contributed by atoms with Gasteiger partial charge in [-0.05, 0) is 53.6 Å². The van der Waals surface area contributed by atoms with E-state index in [0.29, 0.717) is 5.82 Å². The average molecular weight is 508 g/mol. The fourth-order valence-corrected chi connectivity index (χ4v) is 5.76. The topological polar surface area (TPSA) is 62.7 Å². The molecule has 0 aliphatic rings. The molecule has 0 aliphatic heterocycles. The van der Waals surface area contributed by atoms with Crippen molar-refractivity contribution in [2.75, 3.05) is 24.2 Å². The van der Waals surface area contributed by atoms with E-state index in [1.54, 1.807) is 23.7 Å². The van der Waals surface area contributed by atoms with Crippen LogP contribution in [0.4, 0.5) is 11.5 Å². The lowest BCUT2D eigenvalue weighted by Gasteiger charge is -2.19. The van der Waals surface area contributed by atoms with Crippen LogP contribution in [0.3, 0.4) is 0 Å². The summed E-state index contributed by atoms with van der Waals surface area (Å²) < 4.78 is 1.11. The lowest BCUT2D eigenvalue weighted by molar-refractivity contribution is 0.605. The van der Waals surface area contributed by atoms with E-state index in [0.717, 1.165) is 46.7 Å². The highest BCUT2D eigenvalue weighted by Crippen LogP contribution is 2.46. The molecule has 0 saturated carbocycles. The van der Waals surface area contributed by atoms with Crippen LogP contribution in [0.15, 0.2) is 79.1 Å². The monoisotopic (exact) mass is 507 g/mol. The molecule has 0 unspecified atom stereocenters. The molecule has 3 aromatic heterocycles. The molecule has 0 fully saturated rings. The maximum Gasteiger partial charge on any atom is 0.162 e. The number of pyridine rings is 1. The Morgan fingerprint density at radius 2 is 1.57 bits per heavy atom. The number of fused-ring (bicyclic) bond motifs is 1. The normalized spacial score (nSPS) is 11.6. The van der Waals surface area contributed by atoms with Crippen molar-refractivity contribution < 1.29 is 0 Å². The zero-order valence-corrected chi connectivity index (χ0v) is 22.7. The van der Waals surface area contributed by atoms with Gasteiger partial charge in [0.25, 0.3) is 0 Å². The van der Waals surface area contributed by atoms with Crippen LogP contribution in [0.1, 0.15) is 37.6 Å². The molecule has 37 heavy (non-hydrogen) atoms. The van der Waals surface area contributed by atoms with Gasteiger partial charge in [0.2, 0.25) is 0 Å². The van der Waals surface area contributed by atoms with Crippen molar-refractivity contribution in [2.45, 2.75) is 39.0 Å². The van der Waals surface area contributed by atoms with E-state index >= 15 is 0 Å². The van der Waals surface area contributed by atoms with Crippen molar-refractivity contribution in [3.8, 4) is 22.5 Å². The van der Waals surface area contributed by atoms with Gasteiger partial charge < -0.3 is 10.6 Å². The molecule has 0 radical (unpaired) electrons. The minimum atomic E-state index is -0.0379. The lowest BCUT2D eigenvalue weighted by Crippen LogP contribution is -2.10. The number of anilines is 2. The first-order valence-electron chi connectivity index (χ1n) is 12.8. The number of aryl methyl sites for hydroxylation is 1. The molecular weight excluding hydrogens is 474 g/mol. The van der Waals surface area contributed by atoms with E-state index in [1.807, 2.05) is 19.2 Å². The van der Waals surface area contributed by atoms with E-state index in [-0.39, 0.29) is 5.41 Å². The predicted octanol–water partition coefficient (Wildman–Crippen LogP) is 7.80. The van der Waals surface area contributed by atoms with Crippen LogP contribution in [0.2, 0.25) is 0 Å². The SMILES string of the molecule is CNc1ccc(-c2c(C(C)(C)C)sc3c(NCCCc4ccccc4)nc(-c4ccncc4)nc23)cc1. The van der Waals surface area contributed by atoms with Gasteiger partial charge in [0.05, 0.1) is 10.2 Å². The van der Waals surface area contributed by atoms with Gasteiger partial charge >= 0.3 is 0 Å². The van der Waals surface area contributed by atoms with Gasteiger partial charge in [-0.25, -0.2) is 9.97 Å². The molecule has 2 N–H and O–H groups in total. The van der Waals surface area contributed by atoms with Crippen molar-refractivity contribution in [3.05, 3.63) is 89.6 Å². The van der Waals surface area contributed by atoms with Crippen molar-refractivity contribution >= 4 is 33.1 Å². The first-order chi connectivity index (χ1) is 17.9. The molecule has 5 rings (SSSR count). The molecule has 0 aliphatic carbocycles. The van der Waals surface area contributed by atoms with Crippen LogP contribution >= 0.6 is 11.3 Å². The molecule has 0 saturated heterocycles. The Bertz CT molecular complexity index is 1470. The number of aromatic nitrogens is 3. The second-order valence-electron chi connectivity index (χ2n) is 10.2. The Morgan fingerprint density at radius 3 is 2.24 bits per heavy atom. The van der Waals surface area contributed by atoms with E-state index in [9.17, 15) is 0 Å². The van der Waals surface area contributed by atoms with Crippen LogP contribution in [-0.2, 0) is 11.8 Å².